The summed E-state index contributed by atoms with van der Waals surface area (Å²) in [5, 5.41) is 3.78. The molecular weight excluding hydrogens is 304 g/mol. The molecular formula is C23H18N2. The van der Waals surface area contributed by atoms with Gasteiger partial charge in [0.25, 0.3) is 0 Å². The molecule has 0 aliphatic heterocycles. The summed E-state index contributed by atoms with van der Waals surface area (Å²) in [4.78, 5) is 4.85. The number of pyridine rings is 1. The number of fused-ring (bicyclic) bond motifs is 4. The lowest BCUT2D eigenvalue weighted by molar-refractivity contribution is 0.827. The third kappa shape index (κ3) is 2.14. The molecule has 0 saturated heterocycles. The van der Waals surface area contributed by atoms with Crippen LogP contribution in [0.5, 0.6) is 0 Å². The van der Waals surface area contributed by atoms with Gasteiger partial charge in [-0.25, -0.2) is 4.98 Å². The van der Waals surface area contributed by atoms with E-state index in [2.05, 4.69) is 84.3 Å². The lowest BCUT2D eigenvalue weighted by atomic mass is 10.1. The van der Waals surface area contributed by atoms with Crippen molar-refractivity contribution in [3.8, 4) is 11.3 Å². The largest absolute Gasteiger partial charge is 0.341 e. The maximum absolute atomic E-state index is 4.85. The van der Waals surface area contributed by atoms with Crippen LogP contribution in [-0.2, 0) is 6.54 Å². The summed E-state index contributed by atoms with van der Waals surface area (Å²) < 4.78 is 2.38. The molecule has 0 atom stereocenters. The van der Waals surface area contributed by atoms with Gasteiger partial charge in [0.15, 0.2) is 0 Å². The highest BCUT2D eigenvalue weighted by Gasteiger charge is 2.11. The van der Waals surface area contributed by atoms with E-state index >= 15 is 0 Å². The molecule has 5 rings (SSSR count). The van der Waals surface area contributed by atoms with Crippen molar-refractivity contribution in [2.75, 3.05) is 0 Å². The number of aromatic nitrogens is 2. The van der Waals surface area contributed by atoms with Gasteiger partial charge in [0.05, 0.1) is 11.2 Å². The molecule has 120 valence electrons. The van der Waals surface area contributed by atoms with E-state index < -0.39 is 0 Å². The van der Waals surface area contributed by atoms with Crippen LogP contribution in [-0.4, -0.2) is 9.55 Å². The van der Waals surface area contributed by atoms with Crippen molar-refractivity contribution in [1.82, 2.24) is 9.55 Å². The molecule has 0 unspecified atom stereocenters. The van der Waals surface area contributed by atoms with Crippen LogP contribution in [0, 0.1) is 0 Å². The van der Waals surface area contributed by atoms with Gasteiger partial charge in [-0.05, 0) is 37.3 Å². The summed E-state index contributed by atoms with van der Waals surface area (Å²) in [5.74, 6) is 0. The Morgan fingerprint density at radius 2 is 1.56 bits per heavy atom. The highest BCUT2D eigenvalue weighted by molar-refractivity contribution is 6.09. The predicted octanol–water partition coefficient (Wildman–Crippen LogP) is 6.03. The number of rotatable bonds is 2. The average Bonchev–Trinajstić information content (AvgIpc) is 3.00. The van der Waals surface area contributed by atoms with Crippen molar-refractivity contribution >= 4 is 32.7 Å². The summed E-state index contributed by atoms with van der Waals surface area (Å²) >= 11 is 0. The molecule has 2 aromatic heterocycles. The van der Waals surface area contributed by atoms with Gasteiger partial charge in [0.2, 0.25) is 0 Å². The molecule has 0 aliphatic carbocycles. The fraction of sp³-hybridized carbons (Fsp3) is 0.0870. The summed E-state index contributed by atoms with van der Waals surface area (Å²) in [6, 6.07) is 27.9. The maximum Gasteiger partial charge on any atom is 0.0709 e. The third-order valence-corrected chi connectivity index (χ3v) is 4.98. The first kappa shape index (κ1) is 14.2. The van der Waals surface area contributed by atoms with Gasteiger partial charge in [-0.3, -0.25) is 0 Å². The summed E-state index contributed by atoms with van der Waals surface area (Å²) in [6.45, 7) is 3.17. The number of para-hydroxylation sites is 2. The Balaban J connectivity index is 1.78. The van der Waals surface area contributed by atoms with Crippen molar-refractivity contribution in [3.05, 3.63) is 78.9 Å². The monoisotopic (exact) mass is 322 g/mol. The smallest absolute Gasteiger partial charge is 0.0709 e. The standard InChI is InChI=1S/C23H18N2/c1-2-25-22-10-6-4-8-18(22)19-15-17(12-14-23(19)25)21-13-11-16-7-3-5-9-20(16)24-21/h3-15H,2H2,1H3. The molecule has 0 fully saturated rings. The number of hydrogen-bond donors (Lipinski definition) is 0. The lowest BCUT2D eigenvalue weighted by Gasteiger charge is -2.05. The zero-order chi connectivity index (χ0) is 16.8. The van der Waals surface area contributed by atoms with Crippen LogP contribution in [0.2, 0.25) is 0 Å². The molecule has 5 aromatic rings. The lowest BCUT2D eigenvalue weighted by Crippen LogP contribution is -1.92. The Morgan fingerprint density at radius 1 is 0.760 bits per heavy atom. The average molecular weight is 322 g/mol. The van der Waals surface area contributed by atoms with Crippen molar-refractivity contribution in [2.24, 2.45) is 0 Å². The number of hydrogen-bond acceptors (Lipinski definition) is 1. The van der Waals surface area contributed by atoms with E-state index in [4.69, 9.17) is 4.98 Å². The van der Waals surface area contributed by atoms with E-state index in [1.165, 1.54) is 27.2 Å². The van der Waals surface area contributed by atoms with Crippen molar-refractivity contribution in [1.29, 1.82) is 0 Å². The topological polar surface area (TPSA) is 17.8 Å². The molecule has 0 radical (unpaired) electrons. The SMILES string of the molecule is CCn1c2ccccc2c2cc(-c3ccc4ccccc4n3)ccc21. The Kier molecular flexibility index (Phi) is 3.10. The van der Waals surface area contributed by atoms with E-state index in [1.54, 1.807) is 0 Å². The van der Waals surface area contributed by atoms with E-state index in [0.29, 0.717) is 0 Å². The molecule has 0 spiro atoms. The Hall–Kier alpha value is -3.13. The quantitative estimate of drug-likeness (QED) is 0.388. The van der Waals surface area contributed by atoms with Crippen molar-refractivity contribution in [2.45, 2.75) is 13.5 Å². The minimum absolute atomic E-state index is 0.970. The Bertz CT molecular complexity index is 1230. The highest BCUT2D eigenvalue weighted by atomic mass is 15.0. The number of aryl methyl sites for hydroxylation is 1. The van der Waals surface area contributed by atoms with Crippen LogP contribution in [0.4, 0.5) is 0 Å². The normalized spacial score (nSPS) is 11.6. The Morgan fingerprint density at radius 3 is 2.48 bits per heavy atom. The van der Waals surface area contributed by atoms with Gasteiger partial charge in [0, 0.05) is 39.3 Å². The van der Waals surface area contributed by atoms with Gasteiger partial charge in [-0.1, -0.05) is 48.5 Å². The van der Waals surface area contributed by atoms with Gasteiger partial charge in [-0.2, -0.15) is 0 Å². The van der Waals surface area contributed by atoms with Crippen LogP contribution in [0.25, 0.3) is 44.0 Å². The molecule has 25 heavy (non-hydrogen) atoms. The zero-order valence-electron chi connectivity index (χ0n) is 14.1. The van der Waals surface area contributed by atoms with Crippen LogP contribution in [0.1, 0.15) is 6.92 Å². The molecule has 2 heterocycles. The molecule has 0 aliphatic rings. The van der Waals surface area contributed by atoms with E-state index in [0.717, 1.165) is 23.3 Å². The highest BCUT2D eigenvalue weighted by Crippen LogP contribution is 2.32. The van der Waals surface area contributed by atoms with Gasteiger partial charge >= 0.3 is 0 Å². The first-order valence-electron chi connectivity index (χ1n) is 8.72. The van der Waals surface area contributed by atoms with Crippen LogP contribution in [0.3, 0.4) is 0 Å². The van der Waals surface area contributed by atoms with Crippen LogP contribution < -0.4 is 0 Å². The molecule has 0 amide bonds. The Labute approximate surface area is 146 Å². The second-order valence-corrected chi connectivity index (χ2v) is 6.38. The van der Waals surface area contributed by atoms with Gasteiger partial charge in [-0.15, -0.1) is 0 Å². The number of nitrogens with zero attached hydrogens (tertiary/aromatic N) is 2. The summed E-state index contributed by atoms with van der Waals surface area (Å²) in [7, 11) is 0. The second-order valence-electron chi connectivity index (χ2n) is 6.38. The molecule has 3 aromatic carbocycles. The fourth-order valence-corrected chi connectivity index (χ4v) is 3.78. The predicted molar refractivity (Wildman–Crippen MR) is 106 cm³/mol. The van der Waals surface area contributed by atoms with E-state index in [1.807, 2.05) is 6.07 Å². The van der Waals surface area contributed by atoms with Gasteiger partial charge < -0.3 is 4.57 Å². The minimum Gasteiger partial charge on any atom is -0.341 e. The summed E-state index contributed by atoms with van der Waals surface area (Å²) in [5.41, 5.74) is 5.80. The first-order valence-corrected chi connectivity index (χ1v) is 8.72. The van der Waals surface area contributed by atoms with Crippen molar-refractivity contribution in [3.63, 3.8) is 0 Å². The molecule has 0 N–H and O–H groups in total. The molecule has 0 bridgehead atoms. The van der Waals surface area contributed by atoms with E-state index in [-0.39, 0.29) is 0 Å². The maximum atomic E-state index is 4.85. The minimum atomic E-state index is 0.970. The fourth-order valence-electron chi connectivity index (χ4n) is 3.78. The second kappa shape index (κ2) is 5.45. The van der Waals surface area contributed by atoms with Crippen molar-refractivity contribution < 1.29 is 0 Å². The summed E-state index contributed by atoms with van der Waals surface area (Å²) in [6.07, 6.45) is 0. The number of benzene rings is 3. The molecule has 0 saturated carbocycles. The van der Waals surface area contributed by atoms with Crippen LogP contribution in [0.15, 0.2) is 78.9 Å². The first-order chi connectivity index (χ1) is 12.3. The molecule has 2 nitrogen and oxygen atoms in total. The zero-order valence-corrected chi connectivity index (χ0v) is 14.1. The van der Waals surface area contributed by atoms with Crippen LogP contribution >= 0.6 is 0 Å². The van der Waals surface area contributed by atoms with E-state index in [9.17, 15) is 0 Å². The van der Waals surface area contributed by atoms with Gasteiger partial charge in [0.1, 0.15) is 0 Å². The third-order valence-electron chi connectivity index (χ3n) is 4.98. The molecule has 2 heteroatoms.